The van der Waals surface area contributed by atoms with Crippen LogP contribution >= 0.6 is 11.6 Å². The molecule has 0 saturated carbocycles. The van der Waals surface area contributed by atoms with Gasteiger partial charge in [0.25, 0.3) is 5.91 Å². The summed E-state index contributed by atoms with van der Waals surface area (Å²) in [5, 5.41) is 3.67. The van der Waals surface area contributed by atoms with Gasteiger partial charge in [0.2, 0.25) is 0 Å². The Labute approximate surface area is 136 Å². The molecule has 0 aliphatic carbocycles. The fraction of sp³-hybridized carbons (Fsp3) is 0.278. The van der Waals surface area contributed by atoms with Gasteiger partial charge in [0.1, 0.15) is 5.75 Å². The lowest BCUT2D eigenvalue weighted by Gasteiger charge is -2.07. The van der Waals surface area contributed by atoms with Crippen LogP contribution in [0.5, 0.6) is 5.75 Å². The molecule has 2 aromatic rings. The Kier molecular flexibility index (Phi) is 6.28. The largest absolute Gasteiger partial charge is 0.494 e. The maximum absolute atomic E-state index is 12.0. The predicted molar refractivity (Wildman–Crippen MR) is 89.7 cm³/mol. The van der Waals surface area contributed by atoms with Gasteiger partial charge in [-0.05, 0) is 61.7 Å². The van der Waals surface area contributed by atoms with Gasteiger partial charge in [-0.1, -0.05) is 23.7 Å². The summed E-state index contributed by atoms with van der Waals surface area (Å²) in [5.41, 5.74) is 1.87. The van der Waals surface area contributed by atoms with Gasteiger partial charge in [0.05, 0.1) is 6.61 Å². The van der Waals surface area contributed by atoms with Crippen molar-refractivity contribution in [3.8, 4) is 5.75 Å². The smallest absolute Gasteiger partial charge is 0.251 e. The van der Waals surface area contributed by atoms with Gasteiger partial charge in [0, 0.05) is 17.1 Å². The third kappa shape index (κ3) is 5.08. The first-order chi connectivity index (χ1) is 10.7. The zero-order valence-corrected chi connectivity index (χ0v) is 13.4. The number of aryl methyl sites for hydroxylation is 1. The predicted octanol–water partition coefficient (Wildman–Crippen LogP) is 4.10. The van der Waals surface area contributed by atoms with Crippen molar-refractivity contribution in [2.75, 3.05) is 13.2 Å². The molecule has 116 valence electrons. The zero-order valence-electron chi connectivity index (χ0n) is 12.6. The summed E-state index contributed by atoms with van der Waals surface area (Å²) >= 11 is 5.85. The van der Waals surface area contributed by atoms with Gasteiger partial charge in [-0.3, -0.25) is 4.79 Å². The van der Waals surface area contributed by atoms with Crippen LogP contribution in [0.25, 0.3) is 0 Å². The topological polar surface area (TPSA) is 38.3 Å². The molecule has 2 rings (SSSR count). The van der Waals surface area contributed by atoms with Crippen molar-refractivity contribution in [2.45, 2.75) is 19.8 Å². The Bertz CT molecular complexity index is 593. The molecule has 1 amide bonds. The van der Waals surface area contributed by atoms with Crippen LogP contribution in [0.15, 0.2) is 48.5 Å². The molecule has 22 heavy (non-hydrogen) atoms. The molecule has 0 spiro atoms. The molecule has 0 atom stereocenters. The van der Waals surface area contributed by atoms with Crippen LogP contribution < -0.4 is 10.1 Å². The molecule has 0 fully saturated rings. The molecule has 3 nitrogen and oxygen atoms in total. The Hall–Kier alpha value is -2.00. The van der Waals surface area contributed by atoms with Crippen LogP contribution in [-0.4, -0.2) is 19.1 Å². The van der Waals surface area contributed by atoms with E-state index in [9.17, 15) is 4.79 Å². The van der Waals surface area contributed by atoms with Crippen LogP contribution in [0.3, 0.4) is 0 Å². The highest BCUT2D eigenvalue weighted by Gasteiger charge is 2.04. The second-order valence-electron chi connectivity index (χ2n) is 4.94. The van der Waals surface area contributed by atoms with Gasteiger partial charge >= 0.3 is 0 Å². The van der Waals surface area contributed by atoms with Crippen molar-refractivity contribution in [3.63, 3.8) is 0 Å². The second-order valence-corrected chi connectivity index (χ2v) is 5.38. The molecule has 0 aliphatic rings. The van der Waals surface area contributed by atoms with E-state index in [2.05, 4.69) is 5.32 Å². The minimum Gasteiger partial charge on any atom is -0.494 e. The first-order valence-electron chi connectivity index (χ1n) is 7.44. The van der Waals surface area contributed by atoms with E-state index in [1.54, 1.807) is 12.1 Å². The second kappa shape index (κ2) is 8.44. The lowest BCUT2D eigenvalue weighted by atomic mass is 10.1. The van der Waals surface area contributed by atoms with Crippen molar-refractivity contribution in [3.05, 3.63) is 64.7 Å². The molecule has 1 N–H and O–H groups in total. The normalized spacial score (nSPS) is 10.3. The van der Waals surface area contributed by atoms with Gasteiger partial charge in [-0.25, -0.2) is 0 Å². The third-order valence-corrected chi connectivity index (χ3v) is 3.52. The molecular weight excluding hydrogens is 298 g/mol. The van der Waals surface area contributed by atoms with Crippen LogP contribution in [0.2, 0.25) is 5.02 Å². The van der Waals surface area contributed by atoms with Crippen molar-refractivity contribution in [2.24, 2.45) is 0 Å². The summed E-state index contributed by atoms with van der Waals surface area (Å²) in [4.78, 5) is 12.0. The summed E-state index contributed by atoms with van der Waals surface area (Å²) in [6.45, 7) is 3.20. The number of carbonyl (C=O) groups is 1. The molecule has 0 aliphatic heterocycles. The van der Waals surface area contributed by atoms with E-state index in [1.165, 1.54) is 5.56 Å². The van der Waals surface area contributed by atoms with E-state index in [-0.39, 0.29) is 5.91 Å². The SMILES string of the molecule is CCOc1ccc(C(=O)NCCCc2ccc(Cl)cc2)cc1. The van der Waals surface area contributed by atoms with E-state index < -0.39 is 0 Å². The van der Waals surface area contributed by atoms with E-state index in [4.69, 9.17) is 16.3 Å². The van der Waals surface area contributed by atoms with Crippen LogP contribution in [0.1, 0.15) is 29.3 Å². The van der Waals surface area contributed by atoms with E-state index in [1.807, 2.05) is 43.3 Å². The minimum atomic E-state index is -0.0563. The molecule has 0 bridgehead atoms. The number of hydrogen-bond acceptors (Lipinski definition) is 2. The zero-order chi connectivity index (χ0) is 15.8. The fourth-order valence-corrected chi connectivity index (χ4v) is 2.24. The summed E-state index contributed by atoms with van der Waals surface area (Å²) < 4.78 is 5.36. The number of benzene rings is 2. The first kappa shape index (κ1) is 16.4. The quantitative estimate of drug-likeness (QED) is 0.781. The van der Waals surface area contributed by atoms with Crippen LogP contribution in [-0.2, 0) is 6.42 Å². The molecular formula is C18H20ClNO2. The van der Waals surface area contributed by atoms with E-state index in [0.717, 1.165) is 23.6 Å². The average Bonchev–Trinajstić information content (AvgIpc) is 2.54. The number of nitrogens with one attached hydrogen (secondary N) is 1. The number of ether oxygens (including phenoxy) is 1. The van der Waals surface area contributed by atoms with E-state index >= 15 is 0 Å². The molecule has 0 heterocycles. The lowest BCUT2D eigenvalue weighted by molar-refractivity contribution is 0.0953. The number of hydrogen-bond donors (Lipinski definition) is 1. The molecule has 0 radical (unpaired) electrons. The molecule has 0 aromatic heterocycles. The fourth-order valence-electron chi connectivity index (χ4n) is 2.12. The number of amides is 1. The van der Waals surface area contributed by atoms with Gasteiger partial charge < -0.3 is 10.1 Å². The highest BCUT2D eigenvalue weighted by atomic mass is 35.5. The Morgan fingerprint density at radius 3 is 2.41 bits per heavy atom. The maximum atomic E-state index is 12.0. The van der Waals surface area contributed by atoms with E-state index in [0.29, 0.717) is 18.7 Å². The summed E-state index contributed by atoms with van der Waals surface area (Å²) in [6, 6.07) is 15.0. The van der Waals surface area contributed by atoms with Crippen LogP contribution in [0, 0.1) is 0 Å². The van der Waals surface area contributed by atoms with Crippen molar-refractivity contribution < 1.29 is 9.53 Å². The minimum absolute atomic E-state index is 0.0563. The highest BCUT2D eigenvalue weighted by Crippen LogP contribution is 2.12. The lowest BCUT2D eigenvalue weighted by Crippen LogP contribution is -2.24. The number of rotatable bonds is 7. The van der Waals surface area contributed by atoms with Crippen molar-refractivity contribution >= 4 is 17.5 Å². The van der Waals surface area contributed by atoms with Crippen molar-refractivity contribution in [1.29, 1.82) is 0 Å². The molecule has 4 heteroatoms. The summed E-state index contributed by atoms with van der Waals surface area (Å²) in [6.07, 6.45) is 1.81. The number of halogens is 1. The molecule has 0 saturated heterocycles. The van der Waals surface area contributed by atoms with Crippen molar-refractivity contribution in [1.82, 2.24) is 5.32 Å². The Morgan fingerprint density at radius 1 is 1.09 bits per heavy atom. The Morgan fingerprint density at radius 2 is 1.77 bits per heavy atom. The standard InChI is InChI=1S/C18H20ClNO2/c1-2-22-17-11-7-15(8-12-17)18(21)20-13-3-4-14-5-9-16(19)10-6-14/h5-12H,2-4,13H2,1H3,(H,20,21). The summed E-state index contributed by atoms with van der Waals surface area (Å²) in [5.74, 6) is 0.723. The van der Waals surface area contributed by atoms with Crippen LogP contribution in [0.4, 0.5) is 0 Å². The van der Waals surface area contributed by atoms with Gasteiger partial charge in [-0.15, -0.1) is 0 Å². The van der Waals surface area contributed by atoms with Gasteiger partial charge in [-0.2, -0.15) is 0 Å². The highest BCUT2D eigenvalue weighted by molar-refractivity contribution is 6.30. The molecule has 2 aromatic carbocycles. The summed E-state index contributed by atoms with van der Waals surface area (Å²) in [7, 11) is 0. The van der Waals surface area contributed by atoms with Gasteiger partial charge in [0.15, 0.2) is 0 Å². The maximum Gasteiger partial charge on any atom is 0.251 e. The monoisotopic (exact) mass is 317 g/mol. The third-order valence-electron chi connectivity index (χ3n) is 3.27. The molecule has 0 unspecified atom stereocenters. The first-order valence-corrected chi connectivity index (χ1v) is 7.82. The number of carbonyl (C=O) groups excluding carboxylic acids is 1. The Balaban J connectivity index is 1.74. The average molecular weight is 318 g/mol.